The number of nitrogens with zero attached hydrogens (tertiary/aromatic N) is 3. The third-order valence-corrected chi connectivity index (χ3v) is 3.53. The van der Waals surface area contributed by atoms with E-state index in [-0.39, 0.29) is 24.1 Å². The molecule has 0 N–H and O–H groups in total. The summed E-state index contributed by atoms with van der Waals surface area (Å²) in [4.78, 5) is 15.9. The lowest BCUT2D eigenvalue weighted by Crippen LogP contribution is -2.49. The molecule has 4 nitrogen and oxygen atoms in total. The molecule has 1 amide bonds. The topological polar surface area (TPSA) is 47.3 Å². The molecule has 1 aromatic rings. The number of hydrogen-bond donors (Lipinski definition) is 0. The molecule has 1 aliphatic rings. The Morgan fingerprint density at radius 3 is 2.45 bits per heavy atom. The van der Waals surface area contributed by atoms with Crippen LogP contribution in [-0.4, -0.2) is 37.0 Å². The molecule has 106 valence electrons. The van der Waals surface area contributed by atoms with Gasteiger partial charge >= 0.3 is 0 Å². The standard InChI is InChI=1S/C15H18FN3O/c1-12(11-17)10-15(20)19-8-6-18(7-9-19)14-4-2-13(16)3-5-14/h2-5,12H,6-10H2,1H3. The number of piperazine rings is 1. The molecule has 20 heavy (non-hydrogen) atoms. The number of amides is 1. The Labute approximate surface area is 118 Å². The van der Waals surface area contributed by atoms with Crippen molar-refractivity contribution in [2.45, 2.75) is 13.3 Å². The van der Waals surface area contributed by atoms with E-state index in [1.165, 1.54) is 12.1 Å². The molecule has 0 aromatic heterocycles. The molecule has 0 saturated carbocycles. The van der Waals surface area contributed by atoms with Gasteiger partial charge in [0.25, 0.3) is 0 Å². The van der Waals surface area contributed by atoms with Crippen molar-refractivity contribution in [2.24, 2.45) is 5.92 Å². The molecule has 1 heterocycles. The summed E-state index contributed by atoms with van der Waals surface area (Å²) in [7, 11) is 0. The van der Waals surface area contributed by atoms with Gasteiger partial charge in [0.15, 0.2) is 0 Å². The Bertz CT molecular complexity index is 501. The summed E-state index contributed by atoms with van der Waals surface area (Å²) in [6.45, 7) is 4.52. The highest BCUT2D eigenvalue weighted by molar-refractivity contribution is 5.77. The fourth-order valence-electron chi connectivity index (χ4n) is 2.30. The fraction of sp³-hybridized carbons (Fsp3) is 0.467. The average Bonchev–Trinajstić information content (AvgIpc) is 2.48. The maximum atomic E-state index is 12.9. The van der Waals surface area contributed by atoms with Gasteiger partial charge in [0, 0.05) is 38.3 Å². The first-order chi connectivity index (χ1) is 9.60. The number of anilines is 1. The summed E-state index contributed by atoms with van der Waals surface area (Å²) in [6.07, 6.45) is 0.285. The molecule has 0 radical (unpaired) electrons. The van der Waals surface area contributed by atoms with Gasteiger partial charge in [0.1, 0.15) is 5.82 Å². The van der Waals surface area contributed by atoms with E-state index in [1.807, 2.05) is 0 Å². The van der Waals surface area contributed by atoms with Gasteiger partial charge in [-0.25, -0.2) is 4.39 Å². The quantitative estimate of drug-likeness (QED) is 0.848. The molecular weight excluding hydrogens is 257 g/mol. The van der Waals surface area contributed by atoms with E-state index in [2.05, 4.69) is 11.0 Å². The number of benzene rings is 1. The molecule has 2 rings (SSSR count). The van der Waals surface area contributed by atoms with Gasteiger partial charge in [0.2, 0.25) is 5.91 Å². The van der Waals surface area contributed by atoms with Crippen LogP contribution in [0.2, 0.25) is 0 Å². The second-order valence-corrected chi connectivity index (χ2v) is 5.08. The highest BCUT2D eigenvalue weighted by Gasteiger charge is 2.22. The van der Waals surface area contributed by atoms with Gasteiger partial charge in [-0.05, 0) is 31.2 Å². The van der Waals surface area contributed by atoms with Crippen LogP contribution in [0.15, 0.2) is 24.3 Å². The van der Waals surface area contributed by atoms with Crippen LogP contribution in [0.1, 0.15) is 13.3 Å². The van der Waals surface area contributed by atoms with Crippen LogP contribution in [0.5, 0.6) is 0 Å². The third-order valence-electron chi connectivity index (χ3n) is 3.53. The lowest BCUT2D eigenvalue weighted by molar-refractivity contribution is -0.132. The predicted octanol–water partition coefficient (Wildman–Crippen LogP) is 2.02. The van der Waals surface area contributed by atoms with E-state index in [0.29, 0.717) is 13.1 Å². The number of carbonyl (C=O) groups excluding carboxylic acids is 1. The summed E-state index contributed by atoms with van der Waals surface area (Å²) in [6, 6.07) is 8.48. The van der Waals surface area contributed by atoms with Gasteiger partial charge < -0.3 is 9.80 Å². The van der Waals surface area contributed by atoms with Crippen molar-refractivity contribution in [1.29, 1.82) is 5.26 Å². The second kappa shape index (κ2) is 6.38. The van der Waals surface area contributed by atoms with E-state index < -0.39 is 0 Å². The number of carbonyl (C=O) groups is 1. The number of hydrogen-bond acceptors (Lipinski definition) is 3. The molecule has 0 spiro atoms. The van der Waals surface area contributed by atoms with Crippen LogP contribution < -0.4 is 4.90 Å². The maximum Gasteiger partial charge on any atom is 0.224 e. The molecule has 5 heteroatoms. The van der Waals surface area contributed by atoms with Crippen molar-refractivity contribution in [2.75, 3.05) is 31.1 Å². The first kappa shape index (κ1) is 14.3. The second-order valence-electron chi connectivity index (χ2n) is 5.08. The van der Waals surface area contributed by atoms with Crippen molar-refractivity contribution in [1.82, 2.24) is 4.90 Å². The van der Waals surface area contributed by atoms with Crippen LogP contribution in [0.3, 0.4) is 0 Å². The molecule has 1 aliphatic heterocycles. The zero-order chi connectivity index (χ0) is 14.5. The van der Waals surface area contributed by atoms with Crippen LogP contribution in [0.4, 0.5) is 10.1 Å². The van der Waals surface area contributed by atoms with E-state index in [0.717, 1.165) is 18.8 Å². The van der Waals surface area contributed by atoms with Crippen LogP contribution in [0, 0.1) is 23.1 Å². The average molecular weight is 275 g/mol. The zero-order valence-electron chi connectivity index (χ0n) is 11.6. The fourth-order valence-corrected chi connectivity index (χ4v) is 2.30. The number of nitriles is 1. The first-order valence-corrected chi connectivity index (χ1v) is 6.78. The summed E-state index contributed by atoms with van der Waals surface area (Å²) in [5.74, 6) is -0.441. The third kappa shape index (κ3) is 3.47. The lowest BCUT2D eigenvalue weighted by atomic mass is 10.1. The van der Waals surface area contributed by atoms with Crippen molar-refractivity contribution in [3.63, 3.8) is 0 Å². The number of halogens is 1. The molecule has 1 atom stereocenters. The zero-order valence-corrected chi connectivity index (χ0v) is 11.6. The van der Waals surface area contributed by atoms with Gasteiger partial charge in [0.05, 0.1) is 12.0 Å². The van der Waals surface area contributed by atoms with Gasteiger partial charge in [-0.1, -0.05) is 0 Å². The van der Waals surface area contributed by atoms with Crippen molar-refractivity contribution in [3.05, 3.63) is 30.1 Å². The molecular formula is C15H18FN3O. The van der Waals surface area contributed by atoms with Gasteiger partial charge in [-0.3, -0.25) is 4.79 Å². The first-order valence-electron chi connectivity index (χ1n) is 6.78. The molecule has 1 fully saturated rings. The Hall–Kier alpha value is -2.09. The monoisotopic (exact) mass is 275 g/mol. The van der Waals surface area contributed by atoms with E-state index in [9.17, 15) is 9.18 Å². The largest absolute Gasteiger partial charge is 0.368 e. The van der Waals surface area contributed by atoms with Crippen LogP contribution in [-0.2, 0) is 4.79 Å². The lowest BCUT2D eigenvalue weighted by Gasteiger charge is -2.36. The summed E-state index contributed by atoms with van der Waals surface area (Å²) in [5, 5.41) is 8.74. The van der Waals surface area contributed by atoms with Gasteiger partial charge in [-0.2, -0.15) is 5.26 Å². The van der Waals surface area contributed by atoms with Crippen LogP contribution in [0.25, 0.3) is 0 Å². The highest BCUT2D eigenvalue weighted by atomic mass is 19.1. The minimum absolute atomic E-state index is 0.0396. The maximum absolute atomic E-state index is 12.9. The van der Waals surface area contributed by atoms with E-state index in [4.69, 9.17) is 5.26 Å². The van der Waals surface area contributed by atoms with Crippen molar-refractivity contribution >= 4 is 11.6 Å². The molecule has 1 saturated heterocycles. The van der Waals surface area contributed by atoms with E-state index in [1.54, 1.807) is 24.0 Å². The molecule has 0 bridgehead atoms. The summed E-state index contributed by atoms with van der Waals surface area (Å²) in [5.41, 5.74) is 0.976. The van der Waals surface area contributed by atoms with Crippen molar-refractivity contribution < 1.29 is 9.18 Å². The summed E-state index contributed by atoms with van der Waals surface area (Å²) < 4.78 is 12.9. The Morgan fingerprint density at radius 1 is 1.30 bits per heavy atom. The minimum Gasteiger partial charge on any atom is -0.368 e. The number of rotatable bonds is 3. The predicted molar refractivity (Wildman–Crippen MR) is 74.6 cm³/mol. The van der Waals surface area contributed by atoms with Gasteiger partial charge in [-0.15, -0.1) is 0 Å². The minimum atomic E-state index is -0.243. The Kier molecular flexibility index (Phi) is 4.57. The molecule has 0 aliphatic carbocycles. The van der Waals surface area contributed by atoms with Crippen molar-refractivity contribution in [3.8, 4) is 6.07 Å². The molecule has 1 aromatic carbocycles. The summed E-state index contributed by atoms with van der Waals surface area (Å²) >= 11 is 0. The Balaban J connectivity index is 1.88. The Morgan fingerprint density at radius 2 is 1.90 bits per heavy atom. The SMILES string of the molecule is CC(C#N)CC(=O)N1CCN(c2ccc(F)cc2)CC1. The smallest absolute Gasteiger partial charge is 0.224 e. The normalized spacial score (nSPS) is 16.6. The molecule has 1 unspecified atom stereocenters. The highest BCUT2D eigenvalue weighted by Crippen LogP contribution is 2.17. The van der Waals surface area contributed by atoms with E-state index >= 15 is 0 Å². The van der Waals surface area contributed by atoms with Crippen LogP contribution >= 0.6 is 0 Å².